The van der Waals surface area contributed by atoms with E-state index in [-0.39, 0.29) is 11.8 Å². The van der Waals surface area contributed by atoms with Gasteiger partial charge in [0.1, 0.15) is 6.04 Å². The highest BCUT2D eigenvalue weighted by Gasteiger charge is 2.21. The van der Waals surface area contributed by atoms with Crippen LogP contribution in [0.1, 0.15) is 30.0 Å². The molecular formula is C26H25ClN4OS. The van der Waals surface area contributed by atoms with Gasteiger partial charge in [-0.2, -0.15) is 5.10 Å². The van der Waals surface area contributed by atoms with Crippen molar-refractivity contribution in [2.75, 3.05) is 11.9 Å². The molecule has 0 spiro atoms. The average Bonchev–Trinajstić information content (AvgIpc) is 3.27. The van der Waals surface area contributed by atoms with Crippen molar-refractivity contribution in [2.24, 2.45) is 0 Å². The second kappa shape index (κ2) is 10.7. The first-order chi connectivity index (χ1) is 16.0. The lowest BCUT2D eigenvalue weighted by Crippen LogP contribution is -2.35. The highest BCUT2D eigenvalue weighted by molar-refractivity contribution is 7.78. The standard InChI is InChI=1S/C26H25ClN4OS/c1-18(19-7-11-23(27)12-8-19)15-28-25(21-5-3-2-4-6-21)26(32)30-24-13-9-20(10-14-24)22-16-29-31(33)17-22/h2-14,16-18,25,28,33H,15H2,1H3,(H,30,32). The van der Waals surface area contributed by atoms with E-state index in [1.807, 2.05) is 85.1 Å². The molecule has 2 unspecified atom stereocenters. The van der Waals surface area contributed by atoms with Crippen LogP contribution in [0.25, 0.3) is 11.1 Å². The number of carbonyl (C=O) groups is 1. The van der Waals surface area contributed by atoms with Crippen molar-refractivity contribution < 1.29 is 4.79 Å². The molecule has 0 bridgehead atoms. The van der Waals surface area contributed by atoms with Crippen LogP contribution in [0.2, 0.25) is 5.02 Å². The van der Waals surface area contributed by atoms with Gasteiger partial charge in [0.15, 0.2) is 0 Å². The number of aromatic nitrogens is 2. The van der Waals surface area contributed by atoms with Crippen molar-refractivity contribution in [1.82, 2.24) is 14.5 Å². The molecule has 1 aromatic heterocycles. The molecular weight excluding hydrogens is 452 g/mol. The van der Waals surface area contributed by atoms with Gasteiger partial charge in [-0.3, -0.25) is 4.79 Å². The number of thiol groups is 1. The summed E-state index contributed by atoms with van der Waals surface area (Å²) in [5, 5.41) is 11.3. The Hall–Kier alpha value is -3.06. The molecule has 33 heavy (non-hydrogen) atoms. The highest BCUT2D eigenvalue weighted by atomic mass is 35.5. The summed E-state index contributed by atoms with van der Waals surface area (Å²) in [6.45, 7) is 2.77. The molecule has 0 aliphatic rings. The van der Waals surface area contributed by atoms with Crippen LogP contribution in [0.5, 0.6) is 0 Å². The van der Waals surface area contributed by atoms with E-state index >= 15 is 0 Å². The lowest BCUT2D eigenvalue weighted by molar-refractivity contribution is -0.118. The molecule has 4 aromatic rings. The fourth-order valence-corrected chi connectivity index (χ4v) is 3.94. The van der Waals surface area contributed by atoms with Crippen LogP contribution in [-0.4, -0.2) is 21.6 Å². The minimum Gasteiger partial charge on any atom is -0.324 e. The predicted molar refractivity (Wildman–Crippen MR) is 138 cm³/mol. The fraction of sp³-hybridized carbons (Fsp3) is 0.154. The Morgan fingerprint density at radius 1 is 0.970 bits per heavy atom. The van der Waals surface area contributed by atoms with Gasteiger partial charge in [0, 0.05) is 29.0 Å². The normalized spacial score (nSPS) is 12.8. The summed E-state index contributed by atoms with van der Waals surface area (Å²) in [5.74, 6) is 0.105. The van der Waals surface area contributed by atoms with E-state index in [1.165, 1.54) is 9.65 Å². The zero-order chi connectivity index (χ0) is 23.2. The Bertz CT molecular complexity index is 1190. The van der Waals surface area contributed by atoms with Crippen molar-refractivity contribution in [3.8, 4) is 11.1 Å². The molecule has 0 fully saturated rings. The van der Waals surface area contributed by atoms with E-state index in [4.69, 9.17) is 11.6 Å². The maximum atomic E-state index is 13.3. The van der Waals surface area contributed by atoms with Crippen molar-refractivity contribution in [2.45, 2.75) is 18.9 Å². The number of nitrogens with one attached hydrogen (secondary N) is 2. The number of rotatable bonds is 8. The van der Waals surface area contributed by atoms with Gasteiger partial charge in [-0.1, -0.05) is 73.1 Å². The van der Waals surface area contributed by atoms with Crippen molar-refractivity contribution in [1.29, 1.82) is 0 Å². The third-order valence-corrected chi connectivity index (χ3v) is 5.99. The average molecular weight is 477 g/mol. The summed E-state index contributed by atoms with van der Waals surface area (Å²) in [6, 6.07) is 24.8. The second-order valence-corrected chi connectivity index (χ2v) is 8.77. The summed E-state index contributed by atoms with van der Waals surface area (Å²) in [7, 11) is 0. The first-order valence-corrected chi connectivity index (χ1v) is 11.5. The monoisotopic (exact) mass is 476 g/mol. The molecule has 0 saturated carbocycles. The molecule has 5 nitrogen and oxygen atoms in total. The van der Waals surface area contributed by atoms with Crippen molar-refractivity contribution in [3.63, 3.8) is 0 Å². The molecule has 7 heteroatoms. The summed E-state index contributed by atoms with van der Waals surface area (Å²) in [5.41, 5.74) is 4.77. The second-order valence-electron chi connectivity index (χ2n) is 7.92. The van der Waals surface area contributed by atoms with Crippen molar-refractivity contribution in [3.05, 3.63) is 107 Å². The third-order valence-electron chi connectivity index (χ3n) is 5.52. The maximum absolute atomic E-state index is 13.3. The Morgan fingerprint density at radius 3 is 2.30 bits per heavy atom. The Balaban J connectivity index is 1.46. The Kier molecular flexibility index (Phi) is 7.50. The Labute approximate surface area is 204 Å². The first kappa shape index (κ1) is 23.1. The van der Waals surface area contributed by atoms with Gasteiger partial charge in [-0.25, -0.2) is 4.09 Å². The number of hydrogen-bond acceptors (Lipinski definition) is 4. The van der Waals surface area contributed by atoms with Gasteiger partial charge in [0.2, 0.25) is 5.91 Å². The van der Waals surface area contributed by atoms with E-state index < -0.39 is 6.04 Å². The van der Waals surface area contributed by atoms with Gasteiger partial charge in [0.25, 0.3) is 0 Å². The van der Waals surface area contributed by atoms with Gasteiger partial charge >= 0.3 is 0 Å². The highest BCUT2D eigenvalue weighted by Crippen LogP contribution is 2.23. The summed E-state index contributed by atoms with van der Waals surface area (Å²) >= 11 is 10.2. The van der Waals surface area contributed by atoms with E-state index in [1.54, 1.807) is 6.20 Å². The van der Waals surface area contributed by atoms with Crippen LogP contribution >= 0.6 is 24.4 Å². The zero-order valence-corrected chi connectivity index (χ0v) is 19.8. The van der Waals surface area contributed by atoms with E-state index in [2.05, 4.69) is 35.5 Å². The minimum absolute atomic E-state index is 0.111. The SMILES string of the molecule is CC(CNC(C(=O)Nc1ccc(-c2cnn(S)c2)cc1)c1ccccc1)c1ccc(Cl)cc1. The van der Waals surface area contributed by atoms with Crippen LogP contribution < -0.4 is 10.6 Å². The van der Waals surface area contributed by atoms with E-state index in [0.29, 0.717) is 11.6 Å². The summed E-state index contributed by atoms with van der Waals surface area (Å²) in [6.07, 6.45) is 3.58. The number of anilines is 1. The number of carbonyl (C=O) groups excluding carboxylic acids is 1. The van der Waals surface area contributed by atoms with Gasteiger partial charge in [0.05, 0.1) is 6.20 Å². The largest absolute Gasteiger partial charge is 0.324 e. The molecule has 0 aliphatic heterocycles. The molecule has 2 atom stereocenters. The number of benzene rings is 3. The molecule has 1 amide bonds. The molecule has 3 aromatic carbocycles. The zero-order valence-electron chi connectivity index (χ0n) is 18.1. The third kappa shape index (κ3) is 6.05. The van der Waals surface area contributed by atoms with Crippen molar-refractivity contribution >= 4 is 36.0 Å². The quantitative estimate of drug-likeness (QED) is 0.274. The molecule has 4 rings (SSSR count). The lowest BCUT2D eigenvalue weighted by atomic mass is 9.99. The lowest BCUT2D eigenvalue weighted by Gasteiger charge is -2.22. The van der Waals surface area contributed by atoms with Gasteiger partial charge < -0.3 is 10.6 Å². The molecule has 1 heterocycles. The molecule has 0 radical (unpaired) electrons. The predicted octanol–water partition coefficient (Wildman–Crippen LogP) is 5.97. The van der Waals surface area contributed by atoms with Crippen LogP contribution in [0.3, 0.4) is 0 Å². The van der Waals surface area contributed by atoms with Gasteiger partial charge in [-0.15, -0.1) is 0 Å². The molecule has 2 N–H and O–H groups in total. The maximum Gasteiger partial charge on any atom is 0.246 e. The number of nitrogens with zero attached hydrogens (tertiary/aromatic N) is 2. The van der Waals surface area contributed by atoms with E-state index in [9.17, 15) is 4.79 Å². The number of hydrogen-bond donors (Lipinski definition) is 3. The Morgan fingerprint density at radius 2 is 1.67 bits per heavy atom. The topological polar surface area (TPSA) is 59.0 Å². The molecule has 168 valence electrons. The molecule has 0 saturated heterocycles. The van der Waals surface area contributed by atoms with Crippen LogP contribution in [0.4, 0.5) is 5.69 Å². The van der Waals surface area contributed by atoms with Crippen LogP contribution in [0, 0.1) is 0 Å². The molecule has 0 aliphatic carbocycles. The summed E-state index contributed by atoms with van der Waals surface area (Å²) in [4.78, 5) is 13.3. The van der Waals surface area contributed by atoms with Crippen LogP contribution in [-0.2, 0) is 4.79 Å². The van der Waals surface area contributed by atoms with Crippen LogP contribution in [0.15, 0.2) is 91.3 Å². The smallest absolute Gasteiger partial charge is 0.246 e. The minimum atomic E-state index is -0.483. The fourth-order valence-electron chi connectivity index (χ4n) is 3.63. The summed E-state index contributed by atoms with van der Waals surface area (Å²) < 4.78 is 1.46. The number of amides is 1. The van der Waals surface area contributed by atoms with Gasteiger partial charge in [-0.05, 0) is 59.7 Å². The van der Waals surface area contributed by atoms with E-state index in [0.717, 1.165) is 22.4 Å². The first-order valence-electron chi connectivity index (χ1n) is 10.7. The number of halogens is 1.